The van der Waals surface area contributed by atoms with Crippen LogP contribution >= 0.6 is 0 Å². The summed E-state index contributed by atoms with van der Waals surface area (Å²) in [7, 11) is -1.24. The second kappa shape index (κ2) is 3.77. The van der Waals surface area contributed by atoms with Gasteiger partial charge in [-0.1, -0.05) is 27.7 Å². The Morgan fingerprint density at radius 1 is 1.10 bits per heavy atom. The lowest BCUT2D eigenvalue weighted by Crippen LogP contribution is -2.74. The molecule has 0 spiro atoms. The fourth-order valence-corrected chi connectivity index (χ4v) is 6.67. The van der Waals surface area contributed by atoms with Crippen LogP contribution in [0.15, 0.2) is 0 Å². The predicted octanol–water partition coefficient (Wildman–Crippen LogP) is 0.673. The van der Waals surface area contributed by atoms with Crippen LogP contribution in [0, 0.1) is 16.2 Å². The third-order valence-corrected chi connectivity index (χ3v) is 9.01. The first-order valence-corrected chi connectivity index (χ1v) is 8.88. The fraction of sp³-hybridized carbons (Fsp3) is 1.00. The molecule has 4 aliphatic heterocycles. The van der Waals surface area contributed by atoms with E-state index in [1.54, 1.807) is 11.4 Å². The Morgan fingerprint density at radius 3 is 1.95 bits per heavy atom. The van der Waals surface area contributed by atoms with E-state index in [0.717, 1.165) is 13.1 Å². The van der Waals surface area contributed by atoms with Gasteiger partial charge in [0.2, 0.25) is 10.0 Å². The van der Waals surface area contributed by atoms with E-state index in [2.05, 4.69) is 33.0 Å². The van der Waals surface area contributed by atoms with Gasteiger partial charge in [0, 0.05) is 44.1 Å². The Bertz CT molecular complexity index is 523. The molecule has 0 aliphatic carbocycles. The molecule has 4 aliphatic rings. The van der Waals surface area contributed by atoms with E-state index >= 15 is 0 Å². The Kier molecular flexibility index (Phi) is 2.78. The van der Waals surface area contributed by atoms with Gasteiger partial charge < -0.3 is 10.1 Å². The Morgan fingerprint density at radius 2 is 1.65 bits per heavy atom. The van der Waals surface area contributed by atoms with E-state index in [1.165, 1.54) is 0 Å². The minimum atomic E-state index is -3.02. The Hall–Kier alpha value is -0.170. The van der Waals surface area contributed by atoms with Crippen molar-refractivity contribution in [1.82, 2.24) is 9.62 Å². The molecule has 0 unspecified atom stereocenters. The number of hydrogen-bond donors (Lipinski definition) is 1. The van der Waals surface area contributed by atoms with Gasteiger partial charge in [0.05, 0.1) is 11.4 Å². The molecule has 6 heteroatoms. The molecule has 4 heterocycles. The van der Waals surface area contributed by atoms with Crippen LogP contribution in [0.25, 0.3) is 0 Å². The molecule has 0 aromatic heterocycles. The average Bonchev–Trinajstić information content (AvgIpc) is 2.62. The van der Waals surface area contributed by atoms with Crippen molar-refractivity contribution < 1.29 is 13.2 Å². The zero-order chi connectivity index (χ0) is 15.0. The molecule has 0 aromatic rings. The van der Waals surface area contributed by atoms with Gasteiger partial charge in [-0.3, -0.25) is 0 Å². The maximum Gasteiger partial charge on any atom is 0.214 e. The topological polar surface area (TPSA) is 58.6 Å². The number of nitrogens with zero attached hydrogens (tertiary/aromatic N) is 1. The summed E-state index contributed by atoms with van der Waals surface area (Å²) in [5, 5.41) is 3.31. The van der Waals surface area contributed by atoms with Crippen LogP contribution in [0.4, 0.5) is 0 Å². The summed E-state index contributed by atoms with van der Waals surface area (Å²) in [6.07, 6.45) is 0. The lowest BCUT2D eigenvalue weighted by molar-refractivity contribution is -0.212. The lowest BCUT2D eigenvalue weighted by atomic mass is 9.46. The minimum absolute atomic E-state index is 0.105. The second-order valence-electron chi connectivity index (χ2n) is 7.86. The van der Waals surface area contributed by atoms with E-state index in [4.69, 9.17) is 4.74 Å². The summed E-state index contributed by atoms with van der Waals surface area (Å²) in [6.45, 7) is 12.0. The Labute approximate surface area is 122 Å². The van der Waals surface area contributed by atoms with Gasteiger partial charge in [-0.15, -0.1) is 0 Å². The maximum absolute atomic E-state index is 12.1. The van der Waals surface area contributed by atoms with Gasteiger partial charge in [0.15, 0.2) is 0 Å². The van der Waals surface area contributed by atoms with E-state index in [-0.39, 0.29) is 21.8 Å². The lowest BCUT2D eigenvalue weighted by Gasteiger charge is -2.64. The standard InChI is InChI=1S/C14H26N2O3S/c1-11(2,12(3,4)14(19-5)6-15-7-14)13-8-16(9-13)20(17,18)10-13/h15H,6-10H2,1-5H3. The summed E-state index contributed by atoms with van der Waals surface area (Å²) in [5.74, 6) is 0.295. The highest BCUT2D eigenvalue weighted by Crippen LogP contribution is 2.64. The number of methoxy groups -OCH3 is 1. The quantitative estimate of drug-likeness (QED) is 0.829. The van der Waals surface area contributed by atoms with Crippen molar-refractivity contribution in [2.75, 3.05) is 39.0 Å². The van der Waals surface area contributed by atoms with E-state index in [1.807, 2.05) is 0 Å². The van der Waals surface area contributed by atoms with Gasteiger partial charge in [0.1, 0.15) is 0 Å². The largest absolute Gasteiger partial charge is 0.375 e. The van der Waals surface area contributed by atoms with Gasteiger partial charge in [-0.2, -0.15) is 0 Å². The normalized spacial score (nSPS) is 38.1. The van der Waals surface area contributed by atoms with Crippen LogP contribution in [0.1, 0.15) is 27.7 Å². The minimum Gasteiger partial charge on any atom is -0.375 e. The van der Waals surface area contributed by atoms with E-state index in [9.17, 15) is 8.42 Å². The van der Waals surface area contributed by atoms with E-state index < -0.39 is 10.0 Å². The number of sulfonamides is 1. The first-order chi connectivity index (χ1) is 9.04. The third-order valence-electron chi connectivity index (χ3n) is 7.05. The van der Waals surface area contributed by atoms with Gasteiger partial charge in [-0.25, -0.2) is 12.7 Å². The number of fused-ring (bicyclic) bond motifs is 1. The molecule has 4 rings (SSSR count). The molecule has 4 saturated heterocycles. The van der Waals surface area contributed by atoms with Crippen molar-refractivity contribution >= 4 is 10.0 Å². The molecule has 20 heavy (non-hydrogen) atoms. The van der Waals surface area contributed by atoms with Crippen LogP contribution in [0.2, 0.25) is 0 Å². The smallest absolute Gasteiger partial charge is 0.214 e. The van der Waals surface area contributed by atoms with Gasteiger partial charge in [0.25, 0.3) is 0 Å². The van der Waals surface area contributed by atoms with Crippen LogP contribution in [-0.4, -0.2) is 57.4 Å². The summed E-state index contributed by atoms with van der Waals surface area (Å²) in [6, 6.07) is 0. The summed E-state index contributed by atoms with van der Waals surface area (Å²) >= 11 is 0. The zero-order valence-corrected chi connectivity index (χ0v) is 13.9. The van der Waals surface area contributed by atoms with Crippen molar-refractivity contribution in [3.63, 3.8) is 0 Å². The van der Waals surface area contributed by atoms with Gasteiger partial charge in [-0.05, 0) is 5.41 Å². The second-order valence-corrected chi connectivity index (χ2v) is 9.83. The van der Waals surface area contributed by atoms with Crippen molar-refractivity contribution in [1.29, 1.82) is 0 Å². The van der Waals surface area contributed by atoms with Crippen molar-refractivity contribution in [2.45, 2.75) is 33.3 Å². The molecule has 0 atom stereocenters. The van der Waals surface area contributed by atoms with Crippen molar-refractivity contribution in [3.05, 3.63) is 0 Å². The third kappa shape index (κ3) is 1.41. The molecule has 0 aromatic carbocycles. The van der Waals surface area contributed by atoms with Crippen molar-refractivity contribution in [3.8, 4) is 0 Å². The maximum atomic E-state index is 12.1. The first-order valence-electron chi connectivity index (χ1n) is 7.27. The summed E-state index contributed by atoms with van der Waals surface area (Å²) in [4.78, 5) is 0. The van der Waals surface area contributed by atoms with Crippen LogP contribution in [0.5, 0.6) is 0 Å². The molecule has 0 radical (unpaired) electrons. The Balaban J connectivity index is 1.97. The zero-order valence-electron chi connectivity index (χ0n) is 13.1. The molecule has 5 nitrogen and oxygen atoms in total. The molecule has 1 N–H and O–H groups in total. The average molecular weight is 302 g/mol. The predicted molar refractivity (Wildman–Crippen MR) is 78.0 cm³/mol. The summed E-state index contributed by atoms with van der Waals surface area (Å²) in [5.41, 5.74) is -0.543. The molecule has 0 amide bonds. The molecule has 2 bridgehead atoms. The number of hydrogen-bond acceptors (Lipinski definition) is 4. The first kappa shape index (κ1) is 14.8. The molecule has 0 saturated carbocycles. The van der Waals surface area contributed by atoms with Crippen LogP contribution in [-0.2, 0) is 14.8 Å². The monoisotopic (exact) mass is 302 g/mol. The SMILES string of the molecule is COC1(C(C)(C)C(C)(C)C23CN(C2)S(=O)(=O)C3)CNC1. The summed E-state index contributed by atoms with van der Waals surface area (Å²) < 4.78 is 31.6. The van der Waals surface area contributed by atoms with E-state index in [0.29, 0.717) is 18.8 Å². The highest BCUT2D eigenvalue weighted by atomic mass is 32.2. The molecular weight excluding hydrogens is 276 g/mol. The number of ether oxygens (including phenoxy) is 1. The van der Waals surface area contributed by atoms with Crippen molar-refractivity contribution in [2.24, 2.45) is 16.2 Å². The van der Waals surface area contributed by atoms with Crippen LogP contribution < -0.4 is 5.32 Å². The van der Waals surface area contributed by atoms with Crippen LogP contribution in [0.3, 0.4) is 0 Å². The molecule has 4 fully saturated rings. The molecular formula is C14H26N2O3S. The fourth-order valence-electron chi connectivity index (χ4n) is 4.36. The highest BCUT2D eigenvalue weighted by molar-refractivity contribution is 7.89. The molecule has 116 valence electrons. The highest BCUT2D eigenvalue weighted by Gasteiger charge is 2.71. The number of rotatable bonds is 4. The number of nitrogens with one attached hydrogen (secondary N) is 1. The van der Waals surface area contributed by atoms with Gasteiger partial charge >= 0.3 is 0 Å².